The number of benzene rings is 1. The lowest BCUT2D eigenvalue weighted by Crippen LogP contribution is -2.31. The van der Waals surface area contributed by atoms with Gasteiger partial charge in [-0.25, -0.2) is 13.4 Å². The topological polar surface area (TPSA) is 87.6 Å². The first-order chi connectivity index (χ1) is 10.4. The first-order valence-corrected chi connectivity index (χ1v) is 8.19. The third-order valence-corrected chi connectivity index (χ3v) is 5.50. The SMILES string of the molecule is O=C(O)[C@H]1CN(S(=O)(=O)c2ccc(Cl)nc2)c2ccccc21. The number of fused-ring (bicyclic) bond motifs is 1. The number of aliphatic carboxylic acids is 1. The molecule has 1 N–H and O–H groups in total. The van der Waals surface area contributed by atoms with Crippen molar-refractivity contribution in [1.29, 1.82) is 0 Å². The Morgan fingerprint density at radius 2 is 2.00 bits per heavy atom. The van der Waals surface area contributed by atoms with Gasteiger partial charge in [-0.2, -0.15) is 0 Å². The van der Waals surface area contributed by atoms with Gasteiger partial charge in [0.25, 0.3) is 10.0 Å². The van der Waals surface area contributed by atoms with Crippen LogP contribution in [0.4, 0.5) is 5.69 Å². The first-order valence-electron chi connectivity index (χ1n) is 6.37. The zero-order chi connectivity index (χ0) is 15.9. The predicted molar refractivity (Wildman–Crippen MR) is 80.6 cm³/mol. The van der Waals surface area contributed by atoms with Gasteiger partial charge in [-0.15, -0.1) is 0 Å². The zero-order valence-electron chi connectivity index (χ0n) is 11.2. The Morgan fingerprint density at radius 3 is 2.64 bits per heavy atom. The summed E-state index contributed by atoms with van der Waals surface area (Å²) in [6.07, 6.45) is 1.16. The third-order valence-electron chi connectivity index (χ3n) is 3.52. The minimum atomic E-state index is -3.89. The van der Waals surface area contributed by atoms with Crippen LogP contribution in [0.5, 0.6) is 0 Å². The lowest BCUT2D eigenvalue weighted by atomic mass is 10.0. The van der Waals surface area contributed by atoms with Crippen molar-refractivity contribution in [2.75, 3.05) is 10.8 Å². The Kier molecular flexibility index (Phi) is 3.54. The number of halogens is 1. The van der Waals surface area contributed by atoms with Crippen molar-refractivity contribution >= 4 is 33.3 Å². The van der Waals surface area contributed by atoms with Crippen molar-refractivity contribution in [3.63, 3.8) is 0 Å². The van der Waals surface area contributed by atoms with Gasteiger partial charge in [0.2, 0.25) is 0 Å². The molecular weight excluding hydrogens is 328 g/mol. The molecule has 0 radical (unpaired) electrons. The van der Waals surface area contributed by atoms with E-state index in [1.54, 1.807) is 24.3 Å². The molecule has 2 heterocycles. The number of carboxylic acids is 1. The molecule has 1 atom stereocenters. The number of pyridine rings is 1. The molecule has 1 aliphatic rings. The van der Waals surface area contributed by atoms with E-state index in [0.717, 1.165) is 10.5 Å². The molecule has 0 saturated heterocycles. The molecule has 8 heteroatoms. The van der Waals surface area contributed by atoms with Crippen LogP contribution in [0.3, 0.4) is 0 Å². The average molecular weight is 339 g/mol. The molecule has 0 amide bonds. The van der Waals surface area contributed by atoms with E-state index in [2.05, 4.69) is 4.98 Å². The van der Waals surface area contributed by atoms with Crippen molar-refractivity contribution in [2.45, 2.75) is 10.8 Å². The lowest BCUT2D eigenvalue weighted by Gasteiger charge is -2.19. The average Bonchev–Trinajstić information content (AvgIpc) is 2.88. The molecule has 0 bridgehead atoms. The van der Waals surface area contributed by atoms with E-state index in [9.17, 15) is 18.3 Å². The van der Waals surface area contributed by atoms with E-state index in [1.807, 2.05) is 0 Å². The number of aromatic nitrogens is 1. The minimum absolute atomic E-state index is 0.0299. The first kappa shape index (κ1) is 14.8. The number of rotatable bonds is 3. The summed E-state index contributed by atoms with van der Waals surface area (Å²) in [5.41, 5.74) is 0.866. The molecule has 2 aromatic rings. The molecule has 0 fully saturated rings. The van der Waals surface area contributed by atoms with Crippen LogP contribution in [0.1, 0.15) is 11.5 Å². The maximum absolute atomic E-state index is 12.7. The summed E-state index contributed by atoms with van der Waals surface area (Å²) in [4.78, 5) is 15.1. The van der Waals surface area contributed by atoms with E-state index >= 15 is 0 Å². The van der Waals surface area contributed by atoms with Crippen molar-refractivity contribution < 1.29 is 18.3 Å². The number of anilines is 1. The van der Waals surface area contributed by atoms with Crippen LogP contribution in [-0.4, -0.2) is 31.0 Å². The smallest absolute Gasteiger partial charge is 0.312 e. The summed E-state index contributed by atoms with van der Waals surface area (Å²) < 4.78 is 26.6. The molecule has 1 aromatic heterocycles. The Labute approximate surface area is 132 Å². The van der Waals surface area contributed by atoms with Crippen LogP contribution in [-0.2, 0) is 14.8 Å². The molecular formula is C14H11ClN2O4S. The van der Waals surface area contributed by atoms with Crippen molar-refractivity contribution in [2.24, 2.45) is 0 Å². The van der Waals surface area contributed by atoms with E-state index < -0.39 is 21.9 Å². The Hall–Kier alpha value is -2.12. The highest BCUT2D eigenvalue weighted by Crippen LogP contribution is 2.39. The molecule has 0 unspecified atom stereocenters. The quantitative estimate of drug-likeness (QED) is 0.866. The van der Waals surface area contributed by atoms with Crippen molar-refractivity contribution in [3.05, 3.63) is 53.3 Å². The number of hydrogen-bond donors (Lipinski definition) is 1. The summed E-state index contributed by atoms with van der Waals surface area (Å²) >= 11 is 5.67. The summed E-state index contributed by atoms with van der Waals surface area (Å²) in [5.74, 6) is -1.94. The number of para-hydroxylation sites is 1. The van der Waals surface area contributed by atoms with Gasteiger partial charge in [0.05, 0.1) is 12.2 Å². The summed E-state index contributed by atoms with van der Waals surface area (Å²) in [5, 5.41) is 9.48. The number of sulfonamides is 1. The van der Waals surface area contributed by atoms with Gasteiger partial charge in [-0.1, -0.05) is 29.8 Å². The minimum Gasteiger partial charge on any atom is -0.481 e. The fraction of sp³-hybridized carbons (Fsp3) is 0.143. The fourth-order valence-corrected chi connectivity index (χ4v) is 4.02. The molecule has 6 nitrogen and oxygen atoms in total. The van der Waals surface area contributed by atoms with Gasteiger partial charge < -0.3 is 5.11 Å². The van der Waals surface area contributed by atoms with Gasteiger partial charge in [-0.05, 0) is 23.8 Å². The maximum Gasteiger partial charge on any atom is 0.312 e. The number of nitrogens with zero attached hydrogens (tertiary/aromatic N) is 2. The van der Waals surface area contributed by atoms with Crippen LogP contribution in [0, 0.1) is 0 Å². The second kappa shape index (κ2) is 5.26. The summed E-state index contributed by atoms with van der Waals surface area (Å²) in [6.45, 7) is -0.139. The number of carboxylic acid groups (broad SMARTS) is 1. The van der Waals surface area contributed by atoms with Crippen LogP contribution >= 0.6 is 11.6 Å². The molecule has 0 spiro atoms. The zero-order valence-corrected chi connectivity index (χ0v) is 12.8. The van der Waals surface area contributed by atoms with Gasteiger partial charge in [0, 0.05) is 6.20 Å². The molecule has 114 valence electrons. The van der Waals surface area contributed by atoms with E-state index in [4.69, 9.17) is 11.6 Å². The third kappa shape index (κ3) is 2.32. The van der Waals surface area contributed by atoms with Crippen molar-refractivity contribution in [3.8, 4) is 0 Å². The van der Waals surface area contributed by atoms with E-state index in [-0.39, 0.29) is 16.6 Å². The highest BCUT2D eigenvalue weighted by Gasteiger charge is 2.39. The molecule has 1 aliphatic heterocycles. The fourth-order valence-electron chi connectivity index (χ4n) is 2.45. The second-order valence-corrected chi connectivity index (χ2v) is 7.05. The number of carbonyl (C=O) groups is 1. The lowest BCUT2D eigenvalue weighted by molar-refractivity contribution is -0.138. The molecule has 3 rings (SSSR count). The molecule has 22 heavy (non-hydrogen) atoms. The summed E-state index contributed by atoms with van der Waals surface area (Å²) in [7, 11) is -3.89. The van der Waals surface area contributed by atoms with Crippen LogP contribution in [0.25, 0.3) is 0 Å². The Morgan fingerprint density at radius 1 is 1.27 bits per heavy atom. The second-order valence-electron chi connectivity index (χ2n) is 4.80. The van der Waals surface area contributed by atoms with Crippen LogP contribution < -0.4 is 4.31 Å². The maximum atomic E-state index is 12.7. The highest BCUT2D eigenvalue weighted by molar-refractivity contribution is 7.92. The largest absolute Gasteiger partial charge is 0.481 e. The molecule has 1 aromatic carbocycles. The van der Waals surface area contributed by atoms with Gasteiger partial charge in [0.1, 0.15) is 16.0 Å². The number of hydrogen-bond acceptors (Lipinski definition) is 4. The summed E-state index contributed by atoms with van der Waals surface area (Å²) in [6, 6.07) is 9.32. The Balaban J connectivity index is 2.09. The van der Waals surface area contributed by atoms with Crippen molar-refractivity contribution in [1.82, 2.24) is 4.98 Å². The van der Waals surface area contributed by atoms with Gasteiger partial charge >= 0.3 is 5.97 Å². The highest BCUT2D eigenvalue weighted by atomic mass is 35.5. The standard InChI is InChI=1S/C14H11ClN2O4S/c15-13-6-5-9(7-16-13)22(20,21)17-8-11(14(18)19)10-3-1-2-4-12(10)17/h1-7,11H,8H2,(H,18,19)/t11-/m0/s1. The Bertz CT molecular complexity index is 836. The van der Waals surface area contributed by atoms with E-state index in [1.165, 1.54) is 12.1 Å². The monoisotopic (exact) mass is 338 g/mol. The normalized spacial score (nSPS) is 17.3. The molecule has 0 saturated carbocycles. The van der Waals surface area contributed by atoms with Gasteiger partial charge in [0.15, 0.2) is 0 Å². The van der Waals surface area contributed by atoms with E-state index in [0.29, 0.717) is 11.3 Å². The van der Waals surface area contributed by atoms with Crippen LogP contribution in [0.15, 0.2) is 47.5 Å². The van der Waals surface area contributed by atoms with Crippen LogP contribution in [0.2, 0.25) is 5.15 Å². The predicted octanol–water partition coefficient (Wildman–Crippen LogP) is 2.11. The molecule has 0 aliphatic carbocycles. The van der Waals surface area contributed by atoms with Gasteiger partial charge in [-0.3, -0.25) is 9.10 Å².